The first-order chi connectivity index (χ1) is 10.1. The molecule has 0 spiro atoms. The molecular formula is C17H26ClNOS. The number of hydrogen-bond acceptors (Lipinski definition) is 3. The second-order valence-electron chi connectivity index (χ2n) is 6.24. The van der Waals surface area contributed by atoms with Gasteiger partial charge in [0.1, 0.15) is 0 Å². The van der Waals surface area contributed by atoms with Crippen molar-refractivity contribution in [2.45, 2.75) is 56.4 Å². The van der Waals surface area contributed by atoms with Crippen LogP contribution in [0, 0.1) is 0 Å². The molecule has 1 aliphatic rings. The van der Waals surface area contributed by atoms with Gasteiger partial charge in [0.2, 0.25) is 0 Å². The van der Waals surface area contributed by atoms with Crippen molar-refractivity contribution < 1.29 is 5.11 Å². The Balaban J connectivity index is 1.58. The lowest BCUT2D eigenvalue weighted by molar-refractivity contribution is 0.161. The lowest BCUT2D eigenvalue weighted by atomic mass is 9.96. The van der Waals surface area contributed by atoms with Crippen LogP contribution in [0.3, 0.4) is 0 Å². The maximum absolute atomic E-state index is 9.56. The molecule has 0 bridgehead atoms. The molecule has 118 valence electrons. The van der Waals surface area contributed by atoms with E-state index in [1.807, 2.05) is 30.0 Å². The van der Waals surface area contributed by atoms with E-state index in [1.54, 1.807) is 0 Å². The van der Waals surface area contributed by atoms with E-state index < -0.39 is 0 Å². The molecule has 2 nitrogen and oxygen atoms in total. The molecule has 1 saturated carbocycles. The summed E-state index contributed by atoms with van der Waals surface area (Å²) in [5.41, 5.74) is 1.13. The summed E-state index contributed by atoms with van der Waals surface area (Å²) in [5.74, 6) is 2.13. The zero-order valence-corrected chi connectivity index (χ0v) is 14.3. The van der Waals surface area contributed by atoms with E-state index in [9.17, 15) is 5.11 Å². The molecule has 1 unspecified atom stereocenters. The highest BCUT2D eigenvalue weighted by Crippen LogP contribution is 2.26. The fraction of sp³-hybridized carbons (Fsp3) is 0.647. The first kappa shape index (κ1) is 17.1. The number of aliphatic hydroxyl groups excluding tert-OH is 1. The van der Waals surface area contributed by atoms with Crippen LogP contribution in [0.15, 0.2) is 24.3 Å². The minimum absolute atomic E-state index is 0.0887. The number of nitrogens with one attached hydrogen (secondary N) is 1. The average molecular weight is 328 g/mol. The van der Waals surface area contributed by atoms with Gasteiger partial charge in [-0.3, -0.25) is 0 Å². The SMILES string of the molecule is CC(CO)(CCCCSCc1ccccc1Cl)NC1CC1. The van der Waals surface area contributed by atoms with Crippen molar-refractivity contribution in [3.05, 3.63) is 34.9 Å². The molecular weight excluding hydrogens is 302 g/mol. The summed E-state index contributed by atoms with van der Waals surface area (Å²) in [6.45, 7) is 2.37. The Morgan fingerprint density at radius 1 is 1.33 bits per heavy atom. The molecule has 4 heteroatoms. The topological polar surface area (TPSA) is 32.3 Å². The molecule has 1 aromatic carbocycles. The number of rotatable bonds is 10. The minimum atomic E-state index is -0.0887. The minimum Gasteiger partial charge on any atom is -0.394 e. The third kappa shape index (κ3) is 6.19. The molecule has 1 fully saturated rings. The van der Waals surface area contributed by atoms with Crippen molar-refractivity contribution >= 4 is 23.4 Å². The third-order valence-electron chi connectivity index (χ3n) is 3.96. The van der Waals surface area contributed by atoms with Crippen molar-refractivity contribution in [2.24, 2.45) is 0 Å². The average Bonchev–Trinajstić information content (AvgIpc) is 3.28. The summed E-state index contributed by atoms with van der Waals surface area (Å²) in [4.78, 5) is 0. The van der Waals surface area contributed by atoms with Gasteiger partial charge < -0.3 is 10.4 Å². The van der Waals surface area contributed by atoms with E-state index in [1.165, 1.54) is 24.8 Å². The van der Waals surface area contributed by atoms with Gasteiger partial charge in [0.05, 0.1) is 6.61 Å². The highest BCUT2D eigenvalue weighted by atomic mass is 35.5. The van der Waals surface area contributed by atoms with E-state index >= 15 is 0 Å². The van der Waals surface area contributed by atoms with Gasteiger partial charge in [0.15, 0.2) is 0 Å². The van der Waals surface area contributed by atoms with Crippen LogP contribution in [0.4, 0.5) is 0 Å². The second-order valence-corrected chi connectivity index (χ2v) is 7.75. The van der Waals surface area contributed by atoms with E-state index in [-0.39, 0.29) is 12.1 Å². The van der Waals surface area contributed by atoms with Gasteiger partial charge >= 0.3 is 0 Å². The summed E-state index contributed by atoms with van der Waals surface area (Å²) in [6.07, 6.45) is 5.93. The summed E-state index contributed by atoms with van der Waals surface area (Å²) in [6, 6.07) is 8.71. The predicted octanol–water partition coefficient (Wildman–Crippen LogP) is 4.25. The van der Waals surface area contributed by atoms with Crippen LogP contribution in [0.1, 0.15) is 44.6 Å². The highest BCUT2D eigenvalue weighted by molar-refractivity contribution is 7.98. The Hall–Kier alpha value is -0.220. The van der Waals surface area contributed by atoms with Crippen molar-refractivity contribution in [3.63, 3.8) is 0 Å². The first-order valence-corrected chi connectivity index (χ1v) is 9.36. The summed E-state index contributed by atoms with van der Waals surface area (Å²) in [7, 11) is 0. The molecule has 0 saturated heterocycles. The van der Waals surface area contributed by atoms with Gasteiger partial charge in [-0.05, 0) is 50.0 Å². The fourth-order valence-electron chi connectivity index (χ4n) is 2.43. The number of aliphatic hydroxyl groups is 1. The molecule has 1 atom stereocenters. The van der Waals surface area contributed by atoms with E-state index in [0.717, 1.165) is 29.4 Å². The van der Waals surface area contributed by atoms with Gasteiger partial charge in [-0.25, -0.2) is 0 Å². The quantitative estimate of drug-likeness (QED) is 0.630. The molecule has 0 aromatic heterocycles. The van der Waals surface area contributed by atoms with E-state index in [4.69, 9.17) is 11.6 Å². The van der Waals surface area contributed by atoms with Crippen molar-refractivity contribution in [2.75, 3.05) is 12.4 Å². The van der Waals surface area contributed by atoms with Crippen LogP contribution in [0.2, 0.25) is 5.02 Å². The molecule has 2 rings (SSSR count). The standard InChI is InChI=1S/C17H26ClNOS/c1-17(13-20,19-15-8-9-15)10-4-5-11-21-12-14-6-2-3-7-16(14)18/h2-3,6-7,15,19-20H,4-5,8-13H2,1H3. The van der Waals surface area contributed by atoms with Gasteiger partial charge in [-0.2, -0.15) is 11.8 Å². The number of halogens is 1. The summed E-state index contributed by atoms with van der Waals surface area (Å²) >= 11 is 8.09. The molecule has 0 aliphatic heterocycles. The lowest BCUT2D eigenvalue weighted by Crippen LogP contribution is -2.46. The van der Waals surface area contributed by atoms with Crippen LogP contribution in [0.25, 0.3) is 0 Å². The molecule has 0 amide bonds. The van der Waals surface area contributed by atoms with Crippen molar-refractivity contribution in [1.29, 1.82) is 0 Å². The largest absolute Gasteiger partial charge is 0.394 e. The molecule has 1 aliphatic carbocycles. The zero-order valence-electron chi connectivity index (χ0n) is 12.8. The van der Waals surface area contributed by atoms with Gasteiger partial charge in [-0.1, -0.05) is 36.2 Å². The number of unbranched alkanes of at least 4 members (excludes halogenated alkanes) is 1. The Kier molecular flexibility index (Phi) is 6.87. The van der Waals surface area contributed by atoms with Crippen molar-refractivity contribution in [3.8, 4) is 0 Å². The van der Waals surface area contributed by atoms with E-state index in [0.29, 0.717) is 6.04 Å². The van der Waals surface area contributed by atoms with Crippen LogP contribution in [-0.2, 0) is 5.75 Å². The fourth-order valence-corrected chi connectivity index (χ4v) is 3.74. The summed E-state index contributed by atoms with van der Waals surface area (Å²) < 4.78 is 0. The smallest absolute Gasteiger partial charge is 0.0610 e. The Labute approximate surface area is 137 Å². The zero-order chi connectivity index (χ0) is 15.1. The molecule has 1 aromatic rings. The normalized spacial score (nSPS) is 17.7. The highest BCUT2D eigenvalue weighted by Gasteiger charge is 2.31. The van der Waals surface area contributed by atoms with E-state index in [2.05, 4.69) is 18.3 Å². The summed E-state index contributed by atoms with van der Waals surface area (Å²) in [5, 5.41) is 14.0. The Morgan fingerprint density at radius 3 is 2.76 bits per heavy atom. The maximum Gasteiger partial charge on any atom is 0.0610 e. The number of hydrogen-bond donors (Lipinski definition) is 2. The third-order valence-corrected chi connectivity index (χ3v) is 5.42. The van der Waals surface area contributed by atoms with Crippen molar-refractivity contribution in [1.82, 2.24) is 5.32 Å². The van der Waals surface area contributed by atoms with Crippen LogP contribution in [-0.4, -0.2) is 29.0 Å². The number of benzene rings is 1. The van der Waals surface area contributed by atoms with Gasteiger partial charge in [-0.15, -0.1) is 0 Å². The Bertz CT molecular complexity index is 439. The predicted molar refractivity (Wildman–Crippen MR) is 93.1 cm³/mol. The Morgan fingerprint density at radius 2 is 2.10 bits per heavy atom. The first-order valence-electron chi connectivity index (χ1n) is 7.83. The second kappa shape index (κ2) is 8.42. The molecule has 0 radical (unpaired) electrons. The van der Waals surface area contributed by atoms with Gasteiger partial charge in [0, 0.05) is 22.4 Å². The van der Waals surface area contributed by atoms with Crippen LogP contribution < -0.4 is 5.32 Å². The van der Waals surface area contributed by atoms with Gasteiger partial charge in [0.25, 0.3) is 0 Å². The van der Waals surface area contributed by atoms with Crippen LogP contribution in [0.5, 0.6) is 0 Å². The number of thioether (sulfide) groups is 1. The molecule has 0 heterocycles. The van der Waals surface area contributed by atoms with Crippen LogP contribution >= 0.6 is 23.4 Å². The lowest BCUT2D eigenvalue weighted by Gasteiger charge is -2.29. The molecule has 21 heavy (non-hydrogen) atoms. The monoisotopic (exact) mass is 327 g/mol. The molecule has 2 N–H and O–H groups in total. The maximum atomic E-state index is 9.56.